The number of hydrogen-bond acceptors (Lipinski definition) is 1. The number of aryl methyl sites for hydroxylation is 1. The molecule has 2 aromatic carbocycles. The molecule has 3 heteroatoms. The molecule has 0 aliphatic carbocycles. The van der Waals surface area contributed by atoms with E-state index in [4.69, 9.17) is 4.74 Å². The van der Waals surface area contributed by atoms with E-state index in [1.54, 1.807) is 7.11 Å². The van der Waals surface area contributed by atoms with Gasteiger partial charge in [0.15, 0.2) is 11.0 Å². The summed E-state index contributed by atoms with van der Waals surface area (Å²) in [5, 5.41) is 0. The summed E-state index contributed by atoms with van der Waals surface area (Å²) in [6.07, 6.45) is 0.884. The second-order valence-corrected chi connectivity index (χ2v) is 4.67. The normalized spacial score (nSPS) is 10.8. The average molecular weight is 253 g/mol. The minimum Gasteiger partial charge on any atom is -0.497 e. The number of aromatic nitrogens is 2. The number of para-hydroxylation sites is 2. The molecule has 3 nitrogen and oxygen atoms in total. The van der Waals surface area contributed by atoms with E-state index in [0.717, 1.165) is 12.2 Å². The van der Waals surface area contributed by atoms with E-state index in [-0.39, 0.29) is 0 Å². The predicted molar refractivity (Wildman–Crippen MR) is 75.3 cm³/mol. The van der Waals surface area contributed by atoms with Crippen molar-refractivity contribution in [2.24, 2.45) is 7.05 Å². The van der Waals surface area contributed by atoms with Gasteiger partial charge in [0, 0.05) is 0 Å². The zero-order chi connectivity index (χ0) is 13.2. The summed E-state index contributed by atoms with van der Waals surface area (Å²) in [5.41, 5.74) is 3.67. The van der Waals surface area contributed by atoms with Crippen LogP contribution in [0.4, 0.5) is 0 Å². The Bertz CT molecular complexity index is 698. The second-order valence-electron chi connectivity index (χ2n) is 4.67. The number of H-pyrrole nitrogens is 1. The highest BCUT2D eigenvalue weighted by molar-refractivity contribution is 5.71. The van der Waals surface area contributed by atoms with Gasteiger partial charge in [-0.05, 0) is 29.8 Å². The first-order valence-electron chi connectivity index (χ1n) is 6.36. The summed E-state index contributed by atoms with van der Waals surface area (Å²) in [6.45, 7) is 0. The minimum absolute atomic E-state index is 0.884. The van der Waals surface area contributed by atoms with Gasteiger partial charge in [-0.1, -0.05) is 24.3 Å². The minimum atomic E-state index is 0.884. The summed E-state index contributed by atoms with van der Waals surface area (Å²) in [5.74, 6) is 2.09. The van der Waals surface area contributed by atoms with Crippen LogP contribution in [-0.4, -0.2) is 12.1 Å². The van der Waals surface area contributed by atoms with Gasteiger partial charge in [-0.15, -0.1) is 0 Å². The number of rotatable bonds is 3. The maximum atomic E-state index is 5.18. The van der Waals surface area contributed by atoms with Gasteiger partial charge < -0.3 is 4.74 Å². The molecule has 0 atom stereocenters. The molecule has 1 heterocycles. The molecule has 0 aliphatic heterocycles. The van der Waals surface area contributed by atoms with Crippen molar-refractivity contribution in [3.63, 3.8) is 0 Å². The van der Waals surface area contributed by atoms with Crippen LogP contribution < -0.4 is 9.30 Å². The number of hydrogen-bond donors (Lipinski definition) is 1. The van der Waals surface area contributed by atoms with Crippen LogP contribution >= 0.6 is 0 Å². The van der Waals surface area contributed by atoms with Crippen molar-refractivity contribution in [2.45, 2.75) is 6.42 Å². The fraction of sp³-hybridized carbons (Fsp3) is 0.188. The third-order valence-electron chi connectivity index (χ3n) is 3.48. The van der Waals surface area contributed by atoms with Crippen LogP contribution in [0.1, 0.15) is 11.4 Å². The number of nitrogens with one attached hydrogen (secondary N) is 1. The standard InChI is InChI=1S/C16H16N2O/c1-18-15-6-4-3-5-14(15)17-16(18)11-12-7-9-13(19-2)10-8-12/h3-10H,11H2,1-2H3/p+1. The van der Waals surface area contributed by atoms with E-state index in [9.17, 15) is 0 Å². The van der Waals surface area contributed by atoms with E-state index in [0.29, 0.717) is 0 Å². The SMILES string of the molecule is COc1ccc(Cc2[nH]c3ccccc3[n+]2C)cc1. The lowest BCUT2D eigenvalue weighted by Crippen LogP contribution is -2.31. The van der Waals surface area contributed by atoms with Gasteiger partial charge in [-0.2, -0.15) is 0 Å². The van der Waals surface area contributed by atoms with Gasteiger partial charge in [-0.3, -0.25) is 0 Å². The largest absolute Gasteiger partial charge is 0.497 e. The quantitative estimate of drug-likeness (QED) is 0.714. The molecule has 96 valence electrons. The molecule has 3 aromatic rings. The molecule has 0 radical (unpaired) electrons. The Labute approximate surface area is 112 Å². The van der Waals surface area contributed by atoms with Crippen molar-refractivity contribution in [2.75, 3.05) is 7.11 Å². The second kappa shape index (κ2) is 4.76. The molecule has 0 spiro atoms. The molecule has 19 heavy (non-hydrogen) atoms. The van der Waals surface area contributed by atoms with Gasteiger partial charge in [0.05, 0.1) is 20.6 Å². The van der Waals surface area contributed by atoms with E-state index in [1.807, 2.05) is 12.1 Å². The Morgan fingerprint density at radius 3 is 2.47 bits per heavy atom. The Morgan fingerprint density at radius 1 is 1.05 bits per heavy atom. The number of aromatic amines is 1. The fourth-order valence-electron chi connectivity index (χ4n) is 2.36. The lowest BCUT2D eigenvalue weighted by Gasteiger charge is -2.01. The number of imidazole rings is 1. The highest BCUT2D eigenvalue weighted by Crippen LogP contribution is 2.15. The zero-order valence-corrected chi connectivity index (χ0v) is 11.2. The van der Waals surface area contributed by atoms with Crippen LogP contribution in [0.5, 0.6) is 5.75 Å². The summed E-state index contributed by atoms with van der Waals surface area (Å²) < 4.78 is 7.39. The topological polar surface area (TPSA) is 28.9 Å². The summed E-state index contributed by atoms with van der Waals surface area (Å²) in [7, 11) is 3.78. The van der Waals surface area contributed by atoms with Crippen molar-refractivity contribution in [3.8, 4) is 5.75 Å². The smallest absolute Gasteiger partial charge is 0.259 e. The monoisotopic (exact) mass is 253 g/mol. The number of ether oxygens (including phenoxy) is 1. The Kier molecular flexibility index (Phi) is 2.95. The molecule has 0 amide bonds. The molecule has 0 unspecified atom stereocenters. The van der Waals surface area contributed by atoms with Crippen molar-refractivity contribution < 1.29 is 9.30 Å². The molecule has 0 bridgehead atoms. The van der Waals surface area contributed by atoms with Gasteiger partial charge >= 0.3 is 0 Å². The van der Waals surface area contributed by atoms with E-state index < -0.39 is 0 Å². The van der Waals surface area contributed by atoms with Crippen molar-refractivity contribution >= 4 is 11.0 Å². The van der Waals surface area contributed by atoms with Crippen LogP contribution in [0.15, 0.2) is 48.5 Å². The summed E-state index contributed by atoms with van der Waals surface area (Å²) in [4.78, 5) is 3.47. The molecule has 3 rings (SSSR count). The Hall–Kier alpha value is -2.29. The molecule has 0 aliphatic rings. The van der Waals surface area contributed by atoms with Gasteiger partial charge in [-0.25, -0.2) is 9.55 Å². The maximum absolute atomic E-state index is 5.18. The summed E-state index contributed by atoms with van der Waals surface area (Å²) >= 11 is 0. The average Bonchev–Trinajstić information content (AvgIpc) is 2.77. The zero-order valence-electron chi connectivity index (χ0n) is 11.2. The van der Waals surface area contributed by atoms with Gasteiger partial charge in [0.1, 0.15) is 5.75 Å². The first kappa shape index (κ1) is 11.8. The number of fused-ring (bicyclic) bond motifs is 1. The molecule has 1 aromatic heterocycles. The highest BCUT2D eigenvalue weighted by Gasteiger charge is 2.14. The molecular weight excluding hydrogens is 236 g/mol. The number of nitrogens with zero attached hydrogens (tertiary/aromatic N) is 1. The Balaban J connectivity index is 1.94. The van der Waals surface area contributed by atoms with Crippen LogP contribution in [0.25, 0.3) is 11.0 Å². The van der Waals surface area contributed by atoms with E-state index >= 15 is 0 Å². The van der Waals surface area contributed by atoms with E-state index in [2.05, 4.69) is 53.0 Å². The fourth-order valence-corrected chi connectivity index (χ4v) is 2.36. The van der Waals surface area contributed by atoms with E-state index in [1.165, 1.54) is 22.4 Å². The number of benzene rings is 2. The van der Waals surface area contributed by atoms with Crippen molar-refractivity contribution in [3.05, 3.63) is 59.9 Å². The van der Waals surface area contributed by atoms with Crippen LogP contribution in [0.2, 0.25) is 0 Å². The van der Waals surface area contributed by atoms with Gasteiger partial charge in [0.2, 0.25) is 0 Å². The van der Waals surface area contributed by atoms with Crippen LogP contribution in [0, 0.1) is 0 Å². The maximum Gasteiger partial charge on any atom is 0.259 e. The van der Waals surface area contributed by atoms with Crippen LogP contribution in [0.3, 0.4) is 0 Å². The molecule has 0 saturated carbocycles. The third-order valence-corrected chi connectivity index (χ3v) is 3.48. The Morgan fingerprint density at radius 2 is 1.79 bits per heavy atom. The summed E-state index contributed by atoms with van der Waals surface area (Å²) in [6, 6.07) is 16.5. The lowest BCUT2D eigenvalue weighted by atomic mass is 10.1. The molecular formula is C16H17N2O+. The molecule has 0 saturated heterocycles. The predicted octanol–water partition coefficient (Wildman–Crippen LogP) is 2.59. The molecule has 1 N–H and O–H groups in total. The van der Waals surface area contributed by atoms with Crippen LogP contribution in [-0.2, 0) is 13.5 Å². The van der Waals surface area contributed by atoms with Gasteiger partial charge in [0.25, 0.3) is 5.82 Å². The van der Waals surface area contributed by atoms with Crippen molar-refractivity contribution in [1.29, 1.82) is 0 Å². The van der Waals surface area contributed by atoms with Crippen molar-refractivity contribution in [1.82, 2.24) is 4.98 Å². The lowest BCUT2D eigenvalue weighted by molar-refractivity contribution is -0.652. The first-order valence-corrected chi connectivity index (χ1v) is 6.36. The highest BCUT2D eigenvalue weighted by atomic mass is 16.5. The molecule has 0 fully saturated rings. The number of methoxy groups -OCH3 is 1. The third kappa shape index (κ3) is 2.19. The first-order chi connectivity index (χ1) is 9.28.